The number of hydrogen-bond acceptors (Lipinski definition) is 4. The summed E-state index contributed by atoms with van der Waals surface area (Å²) in [5.41, 5.74) is 2.35. The number of nitrogens with zero attached hydrogens (tertiary/aromatic N) is 4. The van der Waals surface area contributed by atoms with E-state index in [2.05, 4.69) is 20.2 Å². The van der Waals surface area contributed by atoms with E-state index in [9.17, 15) is 9.18 Å². The molecule has 0 spiro atoms. The van der Waals surface area contributed by atoms with Gasteiger partial charge >= 0.3 is 0 Å². The maximum Gasteiger partial charge on any atom is 0.231 e. The first-order chi connectivity index (χ1) is 13.1. The molecule has 1 aliphatic rings. The van der Waals surface area contributed by atoms with Gasteiger partial charge in [0.05, 0.1) is 5.69 Å². The number of hydrogen-bond donors (Lipinski definition) is 1. The van der Waals surface area contributed by atoms with Crippen molar-refractivity contribution in [2.45, 2.75) is 19.3 Å². The highest BCUT2D eigenvalue weighted by Gasteiger charge is 2.31. The van der Waals surface area contributed by atoms with Crippen molar-refractivity contribution in [3.05, 3.63) is 59.4 Å². The molecule has 27 heavy (non-hydrogen) atoms. The second-order valence-electron chi connectivity index (χ2n) is 6.52. The molecule has 0 unspecified atom stereocenters. The monoisotopic (exact) mass is 385 g/mol. The molecule has 138 valence electrons. The van der Waals surface area contributed by atoms with E-state index in [1.807, 2.05) is 18.2 Å². The van der Waals surface area contributed by atoms with Gasteiger partial charge in [-0.1, -0.05) is 11.6 Å². The van der Waals surface area contributed by atoms with E-state index < -0.39 is 5.82 Å². The van der Waals surface area contributed by atoms with Gasteiger partial charge in [0.1, 0.15) is 5.82 Å². The van der Waals surface area contributed by atoms with Crippen molar-refractivity contribution < 1.29 is 9.18 Å². The summed E-state index contributed by atoms with van der Waals surface area (Å²) in [5, 5.41) is 7.10. The van der Waals surface area contributed by atoms with Gasteiger partial charge in [0, 0.05) is 42.7 Å². The summed E-state index contributed by atoms with van der Waals surface area (Å²) in [6, 6.07) is 6.93. The summed E-state index contributed by atoms with van der Waals surface area (Å²) >= 11 is 5.63. The summed E-state index contributed by atoms with van der Waals surface area (Å²) in [6.45, 7) is 0.626. The maximum atomic E-state index is 13.6. The fraction of sp³-hybridized carbons (Fsp3) is 0.263. The molecule has 8 heteroatoms. The molecule has 4 rings (SSSR count). The normalized spacial score (nSPS) is 17.3. The lowest BCUT2D eigenvalue weighted by Gasteiger charge is -2.31. The molecule has 0 radical (unpaired) electrons. The van der Waals surface area contributed by atoms with E-state index >= 15 is 0 Å². The van der Waals surface area contributed by atoms with Crippen molar-refractivity contribution in [1.29, 1.82) is 0 Å². The van der Waals surface area contributed by atoms with E-state index in [-0.39, 0.29) is 17.0 Å². The van der Waals surface area contributed by atoms with Crippen molar-refractivity contribution in [2.75, 3.05) is 11.4 Å². The van der Waals surface area contributed by atoms with E-state index in [0.29, 0.717) is 24.3 Å². The molecule has 4 heterocycles. The molecule has 0 aliphatic carbocycles. The van der Waals surface area contributed by atoms with Crippen LogP contribution in [0.1, 0.15) is 18.4 Å². The first-order valence-electron chi connectivity index (χ1n) is 8.69. The minimum Gasteiger partial charge on any atom is -0.297 e. The molecule has 3 aromatic heterocycles. The Morgan fingerprint density at radius 3 is 2.89 bits per heavy atom. The SMILES string of the molecule is O=C1[C@H](Cc2cnc(Cl)c(F)c2)CCCN1c1cc(-c2ccncc2)n[nH]1. The molecule has 1 fully saturated rings. The number of piperidine rings is 1. The number of rotatable bonds is 4. The van der Waals surface area contributed by atoms with Crippen LogP contribution in [0.4, 0.5) is 10.2 Å². The van der Waals surface area contributed by atoms with Gasteiger partial charge in [-0.25, -0.2) is 9.37 Å². The summed E-state index contributed by atoms with van der Waals surface area (Å²) in [5.74, 6) is -0.128. The lowest BCUT2D eigenvalue weighted by molar-refractivity contribution is -0.123. The molecule has 1 atom stereocenters. The highest BCUT2D eigenvalue weighted by molar-refractivity contribution is 6.29. The summed E-state index contributed by atoms with van der Waals surface area (Å²) in [6.07, 6.45) is 6.97. The molecule has 1 aliphatic heterocycles. The van der Waals surface area contributed by atoms with Crippen LogP contribution in [-0.2, 0) is 11.2 Å². The van der Waals surface area contributed by atoms with Crippen LogP contribution >= 0.6 is 11.6 Å². The Balaban J connectivity index is 1.52. The third kappa shape index (κ3) is 3.68. The van der Waals surface area contributed by atoms with Crippen LogP contribution in [0, 0.1) is 11.7 Å². The van der Waals surface area contributed by atoms with E-state index in [1.54, 1.807) is 17.3 Å². The van der Waals surface area contributed by atoms with Gasteiger partial charge in [-0.2, -0.15) is 5.10 Å². The molecule has 1 N–H and O–H groups in total. The Labute approximate surface area is 160 Å². The molecule has 1 amide bonds. The van der Waals surface area contributed by atoms with Crippen molar-refractivity contribution in [3.8, 4) is 11.3 Å². The lowest BCUT2D eigenvalue weighted by Crippen LogP contribution is -2.42. The molecule has 3 aromatic rings. The summed E-state index contributed by atoms with van der Waals surface area (Å²) in [4.78, 5) is 22.5. The number of halogens is 2. The Bertz CT molecular complexity index is 962. The average Bonchev–Trinajstić information content (AvgIpc) is 3.17. The minimum absolute atomic E-state index is 0.00142. The number of aromatic nitrogens is 4. The van der Waals surface area contributed by atoms with Crippen LogP contribution in [0.15, 0.2) is 42.9 Å². The second kappa shape index (κ2) is 7.44. The van der Waals surface area contributed by atoms with Gasteiger partial charge in [0.2, 0.25) is 5.91 Å². The third-order valence-corrected chi connectivity index (χ3v) is 4.99. The fourth-order valence-corrected chi connectivity index (χ4v) is 3.46. The van der Waals surface area contributed by atoms with E-state index in [1.165, 1.54) is 12.3 Å². The number of anilines is 1. The molecular formula is C19H17ClFN5O. The smallest absolute Gasteiger partial charge is 0.231 e. The largest absolute Gasteiger partial charge is 0.297 e. The predicted molar refractivity (Wildman–Crippen MR) is 99.8 cm³/mol. The number of amides is 1. The Morgan fingerprint density at radius 1 is 1.30 bits per heavy atom. The fourth-order valence-electron chi connectivity index (χ4n) is 3.36. The zero-order chi connectivity index (χ0) is 18.8. The molecule has 6 nitrogen and oxygen atoms in total. The quantitative estimate of drug-likeness (QED) is 0.696. The number of pyridine rings is 2. The van der Waals surface area contributed by atoms with Crippen LogP contribution in [0.25, 0.3) is 11.3 Å². The zero-order valence-electron chi connectivity index (χ0n) is 14.4. The molecular weight excluding hydrogens is 369 g/mol. The molecule has 1 saturated heterocycles. The first kappa shape index (κ1) is 17.6. The van der Waals surface area contributed by atoms with Crippen molar-refractivity contribution >= 4 is 23.3 Å². The number of nitrogens with one attached hydrogen (secondary N) is 1. The Morgan fingerprint density at radius 2 is 2.11 bits per heavy atom. The van der Waals surface area contributed by atoms with E-state index in [0.717, 1.165) is 24.1 Å². The van der Waals surface area contributed by atoms with Crippen LogP contribution in [0.3, 0.4) is 0 Å². The van der Waals surface area contributed by atoms with Gasteiger partial charge in [0.15, 0.2) is 11.0 Å². The van der Waals surface area contributed by atoms with Crippen molar-refractivity contribution in [1.82, 2.24) is 20.2 Å². The minimum atomic E-state index is -0.565. The average molecular weight is 386 g/mol. The van der Waals surface area contributed by atoms with E-state index in [4.69, 9.17) is 11.6 Å². The lowest BCUT2D eigenvalue weighted by atomic mass is 9.91. The van der Waals surface area contributed by atoms with Gasteiger partial charge in [-0.05, 0) is 43.0 Å². The number of carbonyl (C=O) groups is 1. The zero-order valence-corrected chi connectivity index (χ0v) is 15.2. The van der Waals surface area contributed by atoms with Crippen molar-refractivity contribution in [3.63, 3.8) is 0 Å². The van der Waals surface area contributed by atoms with Crippen LogP contribution in [0.5, 0.6) is 0 Å². The van der Waals surface area contributed by atoms with Gasteiger partial charge in [0.25, 0.3) is 0 Å². The topological polar surface area (TPSA) is 74.8 Å². The number of H-pyrrole nitrogens is 1. The Hall–Kier alpha value is -2.80. The summed E-state index contributed by atoms with van der Waals surface area (Å²) < 4.78 is 13.6. The first-order valence-corrected chi connectivity index (χ1v) is 9.07. The van der Waals surface area contributed by atoms with Crippen LogP contribution in [0.2, 0.25) is 5.15 Å². The standard InChI is InChI=1S/C19H17ClFN5O/c20-18-15(21)9-12(11-23-18)8-14-2-1-7-26(19(14)27)17-10-16(24-25-17)13-3-5-22-6-4-13/h3-6,9-11,14H,1-2,7-8H2,(H,24,25)/t14-/m0/s1. The predicted octanol–water partition coefficient (Wildman–Crippen LogP) is 3.64. The van der Waals surface area contributed by atoms with Gasteiger partial charge in [-0.3, -0.25) is 19.8 Å². The summed E-state index contributed by atoms with van der Waals surface area (Å²) in [7, 11) is 0. The van der Waals surface area contributed by atoms with Crippen LogP contribution in [-0.4, -0.2) is 32.6 Å². The number of aromatic amines is 1. The third-order valence-electron chi connectivity index (χ3n) is 4.72. The molecule has 0 bridgehead atoms. The van der Waals surface area contributed by atoms with Crippen molar-refractivity contribution in [2.24, 2.45) is 5.92 Å². The highest BCUT2D eigenvalue weighted by Crippen LogP contribution is 2.28. The van der Waals surface area contributed by atoms with Gasteiger partial charge in [-0.15, -0.1) is 0 Å². The Kier molecular flexibility index (Phi) is 4.85. The molecule has 0 saturated carbocycles. The molecule has 0 aromatic carbocycles. The highest BCUT2D eigenvalue weighted by atomic mass is 35.5. The number of carbonyl (C=O) groups excluding carboxylic acids is 1. The van der Waals surface area contributed by atoms with Crippen LogP contribution < -0.4 is 4.90 Å². The maximum absolute atomic E-state index is 13.6. The van der Waals surface area contributed by atoms with Gasteiger partial charge < -0.3 is 0 Å². The second-order valence-corrected chi connectivity index (χ2v) is 6.88.